The van der Waals surface area contributed by atoms with Crippen molar-refractivity contribution >= 4 is 11.8 Å². The van der Waals surface area contributed by atoms with Crippen LogP contribution in [0.15, 0.2) is 23.0 Å². The van der Waals surface area contributed by atoms with Crippen LogP contribution in [-0.4, -0.2) is 67.2 Å². The molecule has 2 bridgehead atoms. The fourth-order valence-electron chi connectivity index (χ4n) is 4.40. The Morgan fingerprint density at radius 3 is 2.82 bits per heavy atom. The maximum Gasteiger partial charge on any atom is 0.251 e. The number of carbonyl (C=O) groups is 2. The average Bonchev–Trinajstić information content (AvgIpc) is 2.67. The smallest absolute Gasteiger partial charge is 0.251 e. The molecule has 8 nitrogen and oxygen atoms in total. The third kappa shape index (κ3) is 4.80. The summed E-state index contributed by atoms with van der Waals surface area (Å²) in [5.41, 5.74) is 1.03. The molecule has 28 heavy (non-hydrogen) atoms. The molecular formula is C20H30N4O4. The van der Waals surface area contributed by atoms with Gasteiger partial charge < -0.3 is 24.8 Å². The second kappa shape index (κ2) is 9.34. The van der Waals surface area contributed by atoms with Crippen molar-refractivity contribution in [2.45, 2.75) is 32.2 Å². The van der Waals surface area contributed by atoms with Crippen molar-refractivity contribution in [2.75, 3.05) is 45.9 Å². The number of rotatable bonds is 8. The molecule has 0 spiro atoms. The van der Waals surface area contributed by atoms with Crippen molar-refractivity contribution in [3.05, 3.63) is 34.2 Å². The topological polar surface area (TPSA) is 92.7 Å². The molecule has 2 amide bonds. The van der Waals surface area contributed by atoms with Gasteiger partial charge in [0.2, 0.25) is 11.8 Å². The number of carbonyl (C=O) groups excluding carboxylic acids is 2. The summed E-state index contributed by atoms with van der Waals surface area (Å²) < 4.78 is 7.38. The van der Waals surface area contributed by atoms with Gasteiger partial charge in [0.25, 0.3) is 5.56 Å². The van der Waals surface area contributed by atoms with Gasteiger partial charge in [0.15, 0.2) is 0 Å². The molecule has 3 rings (SSSR count). The molecule has 1 saturated heterocycles. The van der Waals surface area contributed by atoms with Gasteiger partial charge in [0.05, 0.1) is 19.2 Å². The fraction of sp³-hybridized carbons (Fsp3) is 0.650. The Hall–Kier alpha value is -2.19. The van der Waals surface area contributed by atoms with Gasteiger partial charge >= 0.3 is 0 Å². The number of nitrogens with zero attached hydrogens (tertiary/aromatic N) is 2. The molecule has 8 heteroatoms. The molecule has 1 aromatic rings. The zero-order valence-electron chi connectivity index (χ0n) is 16.6. The van der Waals surface area contributed by atoms with E-state index in [4.69, 9.17) is 4.74 Å². The van der Waals surface area contributed by atoms with Gasteiger partial charge in [0, 0.05) is 57.4 Å². The number of ether oxygens (including phenoxy) is 1. The fourth-order valence-corrected chi connectivity index (χ4v) is 4.40. The average molecular weight is 390 g/mol. The summed E-state index contributed by atoms with van der Waals surface area (Å²) in [5.74, 6) is 0.121. The van der Waals surface area contributed by atoms with E-state index in [2.05, 4.69) is 15.5 Å². The normalized spacial score (nSPS) is 23.7. The molecule has 0 radical (unpaired) electrons. The minimum Gasteiger partial charge on any atom is -0.380 e. The Labute approximate surface area is 165 Å². The number of likely N-dealkylation sites (tertiary alicyclic amines) is 1. The first-order valence-electron chi connectivity index (χ1n) is 10.0. The van der Waals surface area contributed by atoms with Crippen molar-refractivity contribution < 1.29 is 14.3 Å². The van der Waals surface area contributed by atoms with Crippen molar-refractivity contribution in [1.82, 2.24) is 20.1 Å². The van der Waals surface area contributed by atoms with Crippen molar-refractivity contribution in [3.8, 4) is 0 Å². The predicted octanol–water partition coefficient (Wildman–Crippen LogP) is 0.0973. The van der Waals surface area contributed by atoms with Crippen LogP contribution >= 0.6 is 0 Å². The first kappa shape index (κ1) is 20.5. The Balaban J connectivity index is 1.74. The van der Waals surface area contributed by atoms with Gasteiger partial charge in [0.1, 0.15) is 0 Å². The van der Waals surface area contributed by atoms with Crippen LogP contribution in [0, 0.1) is 5.92 Å². The zero-order chi connectivity index (χ0) is 20.1. The lowest BCUT2D eigenvalue weighted by atomic mass is 9.78. The van der Waals surface area contributed by atoms with Crippen LogP contribution in [-0.2, 0) is 14.3 Å². The van der Waals surface area contributed by atoms with E-state index >= 15 is 0 Å². The number of piperidine rings is 1. The number of hydrogen-bond donors (Lipinski definition) is 2. The second-order valence-electron chi connectivity index (χ2n) is 7.59. The lowest BCUT2D eigenvalue weighted by molar-refractivity contribution is -0.125. The number of pyridine rings is 1. The summed E-state index contributed by atoms with van der Waals surface area (Å²) in [6.45, 7) is 7.80. The van der Waals surface area contributed by atoms with Crippen LogP contribution in [0.5, 0.6) is 0 Å². The Morgan fingerprint density at radius 1 is 1.25 bits per heavy atom. The maximum atomic E-state index is 12.6. The number of fused-ring (bicyclic) bond motifs is 4. The first-order chi connectivity index (χ1) is 13.5. The molecule has 3 heterocycles. The summed E-state index contributed by atoms with van der Waals surface area (Å²) in [4.78, 5) is 38.1. The van der Waals surface area contributed by atoms with Gasteiger partial charge in [-0.15, -0.1) is 0 Å². The molecule has 0 aromatic carbocycles. The molecular weight excluding hydrogens is 360 g/mol. The van der Waals surface area contributed by atoms with Gasteiger partial charge in [-0.3, -0.25) is 14.4 Å². The maximum absolute atomic E-state index is 12.6. The molecule has 0 unspecified atom stereocenters. The van der Waals surface area contributed by atoms with E-state index in [1.165, 1.54) is 6.92 Å². The molecule has 1 fully saturated rings. The highest BCUT2D eigenvalue weighted by atomic mass is 16.5. The summed E-state index contributed by atoms with van der Waals surface area (Å²) in [6, 6.07) is 5.35. The highest BCUT2D eigenvalue weighted by Crippen LogP contribution is 2.40. The van der Waals surface area contributed by atoms with Crippen LogP contribution in [0.4, 0.5) is 0 Å². The van der Waals surface area contributed by atoms with Crippen LogP contribution in [0.25, 0.3) is 0 Å². The largest absolute Gasteiger partial charge is 0.380 e. The number of nitrogens with one attached hydrogen (secondary N) is 2. The lowest BCUT2D eigenvalue weighted by Crippen LogP contribution is -2.52. The minimum atomic E-state index is -0.244. The first-order valence-corrected chi connectivity index (χ1v) is 10.0. The number of amides is 2. The standard InChI is InChI=1S/C20H30N4O4/c1-3-28-8-7-23-12-15-9-16(13-23)18(10-22-19(26)11-21-14(2)25)24-17(15)5-4-6-20(24)27/h4-6,15-16,18H,3,7-13H2,1-2H3,(H,21,25)(H,22,26)/t15-,16+,18+/m1/s1. The predicted molar refractivity (Wildman–Crippen MR) is 105 cm³/mol. The number of hydrogen-bond acceptors (Lipinski definition) is 5. The van der Waals surface area contributed by atoms with Gasteiger partial charge in [-0.1, -0.05) is 6.07 Å². The third-order valence-electron chi connectivity index (χ3n) is 5.64. The summed E-state index contributed by atoms with van der Waals surface area (Å²) >= 11 is 0. The quantitative estimate of drug-likeness (QED) is 0.614. The molecule has 3 atom stereocenters. The monoisotopic (exact) mass is 390 g/mol. The molecule has 154 valence electrons. The van der Waals surface area contributed by atoms with Crippen LogP contribution in [0.2, 0.25) is 0 Å². The Bertz CT molecular complexity index is 763. The van der Waals surface area contributed by atoms with Crippen LogP contribution in [0.3, 0.4) is 0 Å². The Kier molecular flexibility index (Phi) is 6.85. The van der Waals surface area contributed by atoms with E-state index in [0.717, 1.165) is 31.7 Å². The van der Waals surface area contributed by atoms with Crippen LogP contribution in [0.1, 0.15) is 37.9 Å². The van der Waals surface area contributed by atoms with Gasteiger partial charge in [-0.05, 0) is 25.3 Å². The summed E-state index contributed by atoms with van der Waals surface area (Å²) in [6.07, 6.45) is 1.01. The van der Waals surface area contributed by atoms with Crippen molar-refractivity contribution in [1.29, 1.82) is 0 Å². The highest BCUT2D eigenvalue weighted by Gasteiger charge is 2.40. The molecule has 2 aliphatic rings. The van der Waals surface area contributed by atoms with Gasteiger partial charge in [-0.2, -0.15) is 0 Å². The van der Waals surface area contributed by atoms with Crippen molar-refractivity contribution in [2.24, 2.45) is 5.92 Å². The lowest BCUT2D eigenvalue weighted by Gasteiger charge is -2.47. The van der Waals surface area contributed by atoms with Crippen LogP contribution < -0.4 is 16.2 Å². The number of aromatic nitrogens is 1. The van der Waals surface area contributed by atoms with E-state index in [0.29, 0.717) is 25.7 Å². The van der Waals surface area contributed by atoms with E-state index in [-0.39, 0.29) is 35.9 Å². The van der Waals surface area contributed by atoms with Crippen molar-refractivity contribution in [3.63, 3.8) is 0 Å². The minimum absolute atomic E-state index is 0.0175. The molecule has 1 aromatic heterocycles. The third-order valence-corrected chi connectivity index (χ3v) is 5.64. The second-order valence-corrected chi connectivity index (χ2v) is 7.59. The zero-order valence-corrected chi connectivity index (χ0v) is 16.6. The summed E-state index contributed by atoms with van der Waals surface area (Å²) in [7, 11) is 0. The summed E-state index contributed by atoms with van der Waals surface area (Å²) in [5, 5.41) is 5.39. The van der Waals surface area contributed by atoms with E-state index in [1.54, 1.807) is 6.07 Å². The SMILES string of the molecule is CCOCCN1C[C@H]2C[C@@H](C1)[C@H](CNC(=O)CNC(C)=O)n1c2cccc1=O. The molecule has 2 aliphatic heterocycles. The molecule has 0 saturated carbocycles. The molecule has 0 aliphatic carbocycles. The van der Waals surface area contributed by atoms with E-state index in [1.807, 2.05) is 23.6 Å². The van der Waals surface area contributed by atoms with E-state index < -0.39 is 0 Å². The molecule has 2 N–H and O–H groups in total. The van der Waals surface area contributed by atoms with E-state index in [9.17, 15) is 14.4 Å². The highest BCUT2D eigenvalue weighted by molar-refractivity contribution is 5.83. The van der Waals surface area contributed by atoms with Gasteiger partial charge in [-0.25, -0.2) is 0 Å². The Morgan fingerprint density at radius 2 is 2.07 bits per heavy atom.